The largest absolute Gasteiger partial charge is 0.462 e. The van der Waals surface area contributed by atoms with Crippen molar-refractivity contribution in [1.29, 1.82) is 0 Å². The lowest BCUT2D eigenvalue weighted by Gasteiger charge is -2.29. The van der Waals surface area contributed by atoms with Crippen molar-refractivity contribution in [2.75, 3.05) is 37.7 Å². The molecule has 3 rings (SSSR count). The Morgan fingerprint density at radius 3 is 2.83 bits per heavy atom. The van der Waals surface area contributed by atoms with E-state index in [1.165, 1.54) is 11.3 Å². The van der Waals surface area contributed by atoms with Crippen molar-refractivity contribution < 1.29 is 9.53 Å². The van der Waals surface area contributed by atoms with Crippen LogP contribution in [0.2, 0.25) is 5.28 Å². The number of aryl methyl sites for hydroxylation is 1. The Labute approximate surface area is 143 Å². The van der Waals surface area contributed by atoms with E-state index in [1.54, 1.807) is 0 Å². The fourth-order valence-corrected chi connectivity index (χ4v) is 3.94. The van der Waals surface area contributed by atoms with E-state index >= 15 is 0 Å². The van der Waals surface area contributed by atoms with Crippen LogP contribution in [0.15, 0.2) is 0 Å². The van der Waals surface area contributed by atoms with Crippen molar-refractivity contribution in [2.45, 2.75) is 20.3 Å². The Bertz CT molecular complexity index is 728. The van der Waals surface area contributed by atoms with E-state index in [-0.39, 0.29) is 11.3 Å². The second-order valence-corrected chi connectivity index (χ2v) is 6.76. The number of fused-ring (bicyclic) bond motifs is 1. The molecule has 2 aromatic heterocycles. The van der Waals surface area contributed by atoms with Crippen LogP contribution in [0.25, 0.3) is 10.2 Å². The number of piperazine rings is 1. The van der Waals surface area contributed by atoms with E-state index < -0.39 is 0 Å². The first-order valence-electron chi connectivity index (χ1n) is 7.71. The van der Waals surface area contributed by atoms with E-state index in [2.05, 4.69) is 20.2 Å². The van der Waals surface area contributed by atoms with E-state index in [0.717, 1.165) is 54.2 Å². The maximum Gasteiger partial charge on any atom is 0.348 e. The average molecular weight is 355 g/mol. The fourth-order valence-electron chi connectivity index (χ4n) is 2.65. The van der Waals surface area contributed by atoms with Gasteiger partial charge in [0.05, 0.1) is 12.0 Å². The number of esters is 1. The number of thiophene rings is 1. The van der Waals surface area contributed by atoms with Crippen LogP contribution in [0.1, 0.15) is 28.6 Å². The fraction of sp³-hybridized carbons (Fsp3) is 0.533. The monoisotopic (exact) mass is 354 g/mol. The summed E-state index contributed by atoms with van der Waals surface area (Å²) in [7, 11) is 0. The summed E-state index contributed by atoms with van der Waals surface area (Å²) in [6, 6.07) is 0. The zero-order chi connectivity index (χ0) is 16.4. The Hall–Kier alpha value is -1.44. The Balaban J connectivity index is 2.06. The van der Waals surface area contributed by atoms with Gasteiger partial charge in [-0.25, -0.2) is 9.78 Å². The highest BCUT2D eigenvalue weighted by atomic mass is 35.5. The van der Waals surface area contributed by atoms with Crippen LogP contribution in [0.3, 0.4) is 0 Å². The first kappa shape index (κ1) is 16.4. The highest BCUT2D eigenvalue weighted by Crippen LogP contribution is 2.36. The SMILES string of the molecule is CCCOC(=O)c1sc2nc(Cl)nc(N3CCNCC3)c2c1C. The van der Waals surface area contributed by atoms with E-state index in [4.69, 9.17) is 16.3 Å². The minimum Gasteiger partial charge on any atom is -0.462 e. The minimum absolute atomic E-state index is 0.209. The normalized spacial score (nSPS) is 15.2. The third kappa shape index (κ3) is 3.27. The summed E-state index contributed by atoms with van der Waals surface area (Å²) >= 11 is 7.42. The molecule has 0 unspecified atom stereocenters. The first-order chi connectivity index (χ1) is 11.1. The molecule has 0 radical (unpaired) electrons. The molecule has 1 saturated heterocycles. The standard InChI is InChI=1S/C15H19ClN4O2S/c1-3-8-22-14(21)11-9(2)10-12(20-6-4-17-5-7-20)18-15(16)19-13(10)23-11/h17H,3-8H2,1-2H3. The number of anilines is 1. The molecule has 6 nitrogen and oxygen atoms in total. The Kier molecular flexibility index (Phi) is 4.99. The summed E-state index contributed by atoms with van der Waals surface area (Å²) in [6.45, 7) is 7.82. The van der Waals surface area contributed by atoms with Gasteiger partial charge >= 0.3 is 5.97 Å². The van der Waals surface area contributed by atoms with Crippen molar-refractivity contribution in [3.05, 3.63) is 15.7 Å². The van der Waals surface area contributed by atoms with Gasteiger partial charge in [0.15, 0.2) is 0 Å². The van der Waals surface area contributed by atoms with Crippen LogP contribution < -0.4 is 10.2 Å². The summed E-state index contributed by atoms with van der Waals surface area (Å²) in [6.07, 6.45) is 0.799. The van der Waals surface area contributed by atoms with Gasteiger partial charge in [0.2, 0.25) is 5.28 Å². The molecule has 1 fully saturated rings. The predicted octanol–water partition coefficient (Wildman–Crippen LogP) is 2.63. The molecule has 0 bridgehead atoms. The van der Waals surface area contributed by atoms with Crippen molar-refractivity contribution in [3.8, 4) is 0 Å². The van der Waals surface area contributed by atoms with Gasteiger partial charge in [-0.3, -0.25) is 0 Å². The number of nitrogens with one attached hydrogen (secondary N) is 1. The molecule has 0 amide bonds. The average Bonchev–Trinajstić information content (AvgIpc) is 2.89. The Morgan fingerprint density at radius 1 is 1.39 bits per heavy atom. The lowest BCUT2D eigenvalue weighted by molar-refractivity contribution is 0.0510. The number of ether oxygens (including phenoxy) is 1. The molecule has 3 heterocycles. The van der Waals surface area contributed by atoms with Crippen LogP contribution in [0.4, 0.5) is 5.82 Å². The molecule has 0 saturated carbocycles. The third-order valence-corrected chi connectivity index (χ3v) is 5.12. The zero-order valence-electron chi connectivity index (χ0n) is 13.2. The number of carbonyl (C=O) groups excluding carboxylic acids is 1. The molecule has 124 valence electrons. The lowest BCUT2D eigenvalue weighted by Crippen LogP contribution is -2.44. The maximum absolute atomic E-state index is 12.2. The van der Waals surface area contributed by atoms with Gasteiger partial charge in [0, 0.05) is 26.2 Å². The summed E-state index contributed by atoms with van der Waals surface area (Å²) in [4.78, 5) is 24.5. The third-order valence-electron chi connectivity index (χ3n) is 3.78. The molecule has 2 aromatic rings. The number of carbonyl (C=O) groups is 1. The van der Waals surface area contributed by atoms with Crippen molar-refractivity contribution in [2.24, 2.45) is 0 Å². The molecule has 0 aliphatic carbocycles. The molecule has 1 aliphatic rings. The molecule has 1 N–H and O–H groups in total. The van der Waals surface area contributed by atoms with Crippen LogP contribution in [-0.4, -0.2) is 48.7 Å². The highest BCUT2D eigenvalue weighted by molar-refractivity contribution is 7.20. The van der Waals surface area contributed by atoms with Crippen molar-refractivity contribution in [1.82, 2.24) is 15.3 Å². The van der Waals surface area contributed by atoms with E-state index in [1.807, 2.05) is 13.8 Å². The maximum atomic E-state index is 12.2. The number of nitrogens with zero attached hydrogens (tertiary/aromatic N) is 3. The molecule has 8 heteroatoms. The van der Waals surface area contributed by atoms with Gasteiger partial charge in [0.25, 0.3) is 0 Å². The lowest BCUT2D eigenvalue weighted by atomic mass is 10.2. The van der Waals surface area contributed by atoms with E-state index in [0.29, 0.717) is 11.5 Å². The number of hydrogen-bond acceptors (Lipinski definition) is 7. The summed E-state index contributed by atoms with van der Waals surface area (Å²) in [5.74, 6) is 0.513. The first-order valence-corrected chi connectivity index (χ1v) is 8.90. The zero-order valence-corrected chi connectivity index (χ0v) is 14.8. The molecular weight excluding hydrogens is 336 g/mol. The van der Waals surface area contributed by atoms with Crippen molar-refractivity contribution >= 4 is 44.9 Å². The molecule has 23 heavy (non-hydrogen) atoms. The number of hydrogen-bond donors (Lipinski definition) is 1. The molecule has 0 aromatic carbocycles. The highest BCUT2D eigenvalue weighted by Gasteiger charge is 2.24. The Morgan fingerprint density at radius 2 is 2.13 bits per heavy atom. The van der Waals surface area contributed by atoms with Gasteiger partial charge in [-0.1, -0.05) is 6.92 Å². The van der Waals surface area contributed by atoms with Gasteiger partial charge in [0.1, 0.15) is 15.5 Å². The molecular formula is C15H19ClN4O2S. The second-order valence-electron chi connectivity index (χ2n) is 5.43. The van der Waals surface area contributed by atoms with Gasteiger partial charge in [-0.2, -0.15) is 4.98 Å². The summed E-state index contributed by atoms with van der Waals surface area (Å²) < 4.78 is 5.27. The van der Waals surface area contributed by atoms with Crippen LogP contribution in [0, 0.1) is 6.92 Å². The van der Waals surface area contributed by atoms with Gasteiger partial charge in [-0.05, 0) is 30.5 Å². The van der Waals surface area contributed by atoms with Crippen LogP contribution >= 0.6 is 22.9 Å². The molecule has 0 atom stereocenters. The van der Waals surface area contributed by atoms with Gasteiger partial charge in [-0.15, -0.1) is 11.3 Å². The topological polar surface area (TPSA) is 67.3 Å². The van der Waals surface area contributed by atoms with Gasteiger partial charge < -0.3 is 15.0 Å². The smallest absolute Gasteiger partial charge is 0.348 e. The molecule has 0 spiro atoms. The quantitative estimate of drug-likeness (QED) is 0.672. The van der Waals surface area contributed by atoms with Crippen LogP contribution in [0.5, 0.6) is 0 Å². The number of rotatable bonds is 4. The predicted molar refractivity (Wildman–Crippen MR) is 92.8 cm³/mol. The van der Waals surface area contributed by atoms with Crippen molar-refractivity contribution in [3.63, 3.8) is 0 Å². The number of halogens is 1. The summed E-state index contributed by atoms with van der Waals surface area (Å²) in [5.41, 5.74) is 0.872. The second kappa shape index (κ2) is 6.98. The summed E-state index contributed by atoms with van der Waals surface area (Å²) in [5, 5.41) is 4.44. The number of aromatic nitrogens is 2. The minimum atomic E-state index is -0.297. The van der Waals surface area contributed by atoms with Crippen LogP contribution in [-0.2, 0) is 4.74 Å². The molecule has 1 aliphatic heterocycles. The van der Waals surface area contributed by atoms with E-state index in [9.17, 15) is 4.79 Å².